The Bertz CT molecular complexity index is 1300. The predicted molar refractivity (Wildman–Crippen MR) is 139 cm³/mol. The standard InChI is InChI=1S/C29H32N2Si/c1-19(2)23-18-25-27(22-14-10-11-15-24(22)32(25,5)6)26(20(3)4)28(23)31-17-16-30-29(31)21-12-8-7-9-13-21/h7-20H,1-6H3. The van der Waals surface area contributed by atoms with Crippen LogP contribution in [0, 0.1) is 0 Å². The lowest BCUT2D eigenvalue weighted by Crippen LogP contribution is -2.49. The molecule has 0 fully saturated rings. The molecule has 3 aromatic carbocycles. The molecule has 4 aromatic rings. The minimum atomic E-state index is -1.75. The molecule has 3 heteroatoms. The highest BCUT2D eigenvalue weighted by Gasteiger charge is 2.40. The summed E-state index contributed by atoms with van der Waals surface area (Å²) in [5.74, 6) is 1.84. The van der Waals surface area contributed by atoms with Gasteiger partial charge in [-0.2, -0.15) is 0 Å². The van der Waals surface area contributed by atoms with Gasteiger partial charge in [-0.3, -0.25) is 4.57 Å². The Morgan fingerprint density at radius 3 is 2.19 bits per heavy atom. The molecule has 162 valence electrons. The van der Waals surface area contributed by atoms with Crippen molar-refractivity contribution in [2.75, 3.05) is 0 Å². The molecule has 0 unspecified atom stereocenters. The zero-order chi connectivity index (χ0) is 22.6. The average molecular weight is 437 g/mol. The van der Waals surface area contributed by atoms with E-state index in [1.807, 2.05) is 6.20 Å². The first-order chi connectivity index (χ1) is 15.3. The van der Waals surface area contributed by atoms with Crippen LogP contribution in [0.1, 0.15) is 50.7 Å². The molecular weight excluding hydrogens is 404 g/mol. The van der Waals surface area contributed by atoms with Crippen molar-refractivity contribution in [1.29, 1.82) is 0 Å². The van der Waals surface area contributed by atoms with E-state index in [0.29, 0.717) is 11.8 Å². The predicted octanol–water partition coefficient (Wildman–Crippen LogP) is 6.59. The summed E-state index contributed by atoms with van der Waals surface area (Å²) in [5.41, 5.74) is 8.30. The van der Waals surface area contributed by atoms with Crippen molar-refractivity contribution in [3.63, 3.8) is 0 Å². The maximum atomic E-state index is 4.80. The fourth-order valence-corrected chi connectivity index (χ4v) is 8.54. The van der Waals surface area contributed by atoms with Gasteiger partial charge in [-0.15, -0.1) is 0 Å². The van der Waals surface area contributed by atoms with E-state index in [-0.39, 0.29) is 0 Å². The molecule has 5 rings (SSSR count). The molecule has 0 spiro atoms. The molecule has 0 aliphatic carbocycles. The molecule has 1 aliphatic heterocycles. The van der Waals surface area contributed by atoms with Crippen molar-refractivity contribution >= 4 is 18.4 Å². The van der Waals surface area contributed by atoms with Crippen molar-refractivity contribution in [3.05, 3.63) is 84.2 Å². The summed E-state index contributed by atoms with van der Waals surface area (Å²) in [4.78, 5) is 4.80. The third kappa shape index (κ3) is 3.02. The van der Waals surface area contributed by atoms with E-state index in [1.54, 1.807) is 10.4 Å². The second-order valence-electron chi connectivity index (χ2n) is 10.1. The molecule has 1 aliphatic rings. The number of hydrogen-bond donors (Lipinski definition) is 0. The van der Waals surface area contributed by atoms with Gasteiger partial charge in [0.15, 0.2) is 0 Å². The number of nitrogens with zero attached hydrogens (tertiary/aromatic N) is 2. The van der Waals surface area contributed by atoms with E-state index >= 15 is 0 Å². The van der Waals surface area contributed by atoms with Crippen molar-refractivity contribution in [2.45, 2.75) is 52.6 Å². The summed E-state index contributed by atoms with van der Waals surface area (Å²) in [6.45, 7) is 14.4. The second-order valence-corrected chi connectivity index (χ2v) is 14.4. The van der Waals surface area contributed by atoms with Crippen molar-refractivity contribution < 1.29 is 0 Å². The van der Waals surface area contributed by atoms with Crippen LogP contribution in [0.25, 0.3) is 28.2 Å². The smallest absolute Gasteiger partial charge is 0.144 e. The van der Waals surface area contributed by atoms with Crippen LogP contribution in [0.3, 0.4) is 0 Å². The summed E-state index contributed by atoms with van der Waals surface area (Å²) in [6, 6.07) is 22.2. The normalized spacial score (nSPS) is 14.1. The van der Waals surface area contributed by atoms with Crippen molar-refractivity contribution in [2.24, 2.45) is 0 Å². The van der Waals surface area contributed by atoms with Gasteiger partial charge in [0.2, 0.25) is 0 Å². The summed E-state index contributed by atoms with van der Waals surface area (Å²) >= 11 is 0. The first-order valence-electron chi connectivity index (χ1n) is 11.7. The van der Waals surface area contributed by atoms with Gasteiger partial charge < -0.3 is 0 Å². The zero-order valence-electron chi connectivity index (χ0n) is 20.0. The van der Waals surface area contributed by atoms with Gasteiger partial charge in [0.1, 0.15) is 13.9 Å². The molecule has 2 nitrogen and oxygen atoms in total. The van der Waals surface area contributed by atoms with Crippen LogP contribution in [-0.4, -0.2) is 17.6 Å². The number of benzene rings is 3. The molecule has 0 saturated heterocycles. The van der Waals surface area contributed by atoms with Gasteiger partial charge in [-0.25, -0.2) is 4.98 Å². The first kappa shape index (κ1) is 21.0. The maximum absolute atomic E-state index is 4.80. The van der Waals surface area contributed by atoms with Crippen LogP contribution < -0.4 is 10.4 Å². The summed E-state index contributed by atoms with van der Waals surface area (Å²) in [6.07, 6.45) is 4.08. The minimum absolute atomic E-state index is 0.402. The monoisotopic (exact) mass is 436 g/mol. The van der Waals surface area contributed by atoms with Gasteiger partial charge in [-0.05, 0) is 44.5 Å². The summed E-state index contributed by atoms with van der Waals surface area (Å²) in [5, 5.41) is 3.16. The van der Waals surface area contributed by atoms with Crippen LogP contribution in [-0.2, 0) is 0 Å². The number of rotatable bonds is 4. The number of imidazole rings is 1. The molecule has 0 amide bonds. The van der Waals surface area contributed by atoms with Gasteiger partial charge >= 0.3 is 0 Å². The largest absolute Gasteiger partial charge is 0.299 e. The van der Waals surface area contributed by atoms with Gasteiger partial charge in [0.25, 0.3) is 0 Å². The van der Waals surface area contributed by atoms with E-state index in [1.165, 1.54) is 27.9 Å². The van der Waals surface area contributed by atoms with E-state index in [2.05, 4.69) is 112 Å². The maximum Gasteiger partial charge on any atom is 0.144 e. The molecule has 0 saturated carbocycles. The Morgan fingerprint density at radius 1 is 0.812 bits per heavy atom. The Hall–Kier alpha value is -2.91. The minimum Gasteiger partial charge on any atom is -0.299 e. The third-order valence-electron chi connectivity index (χ3n) is 7.02. The van der Waals surface area contributed by atoms with Crippen LogP contribution in [0.15, 0.2) is 73.1 Å². The molecule has 0 radical (unpaired) electrons. The quantitative estimate of drug-likeness (QED) is 0.330. The van der Waals surface area contributed by atoms with Crippen LogP contribution in [0.4, 0.5) is 0 Å². The van der Waals surface area contributed by atoms with E-state index < -0.39 is 8.07 Å². The lowest BCUT2D eigenvalue weighted by atomic mass is 9.86. The highest BCUT2D eigenvalue weighted by Crippen LogP contribution is 2.42. The molecule has 0 atom stereocenters. The molecule has 2 heterocycles. The van der Waals surface area contributed by atoms with Crippen LogP contribution >= 0.6 is 0 Å². The van der Waals surface area contributed by atoms with E-state index in [9.17, 15) is 0 Å². The number of fused-ring (bicyclic) bond motifs is 3. The number of aromatic nitrogens is 2. The highest BCUT2D eigenvalue weighted by atomic mass is 28.3. The Morgan fingerprint density at radius 2 is 1.50 bits per heavy atom. The van der Waals surface area contributed by atoms with E-state index in [4.69, 9.17) is 4.98 Å². The number of hydrogen-bond acceptors (Lipinski definition) is 1. The lowest BCUT2D eigenvalue weighted by Gasteiger charge is -2.27. The lowest BCUT2D eigenvalue weighted by molar-refractivity contribution is 0.810. The highest BCUT2D eigenvalue weighted by molar-refractivity contribution is 7.03. The Kier molecular flexibility index (Phi) is 4.98. The first-order valence-corrected chi connectivity index (χ1v) is 14.7. The fraction of sp³-hybridized carbons (Fsp3) is 0.276. The Balaban J connectivity index is 1.91. The molecule has 32 heavy (non-hydrogen) atoms. The van der Waals surface area contributed by atoms with Crippen LogP contribution in [0.5, 0.6) is 0 Å². The van der Waals surface area contributed by atoms with Gasteiger partial charge in [0.05, 0.1) is 5.69 Å². The van der Waals surface area contributed by atoms with Crippen molar-refractivity contribution in [3.8, 4) is 28.2 Å². The third-order valence-corrected chi connectivity index (χ3v) is 10.5. The summed E-state index contributed by atoms with van der Waals surface area (Å²) in [7, 11) is -1.75. The fourth-order valence-electron chi connectivity index (χ4n) is 5.45. The molecule has 1 aromatic heterocycles. The molecule has 0 N–H and O–H groups in total. The van der Waals surface area contributed by atoms with Crippen molar-refractivity contribution in [1.82, 2.24) is 9.55 Å². The average Bonchev–Trinajstić information content (AvgIpc) is 3.35. The van der Waals surface area contributed by atoms with Gasteiger partial charge in [0, 0.05) is 18.0 Å². The SMILES string of the molecule is CC(C)c1cc2c(c(C(C)C)c1-n1ccnc1-c1ccccc1)-c1ccccc1[Si]2(C)C. The van der Waals surface area contributed by atoms with Gasteiger partial charge in [-0.1, -0.05) is 101 Å². The summed E-state index contributed by atoms with van der Waals surface area (Å²) < 4.78 is 2.34. The second kappa shape index (κ2) is 7.60. The Labute approximate surface area is 193 Å². The molecular formula is C29H32N2Si. The molecule has 0 bridgehead atoms. The van der Waals surface area contributed by atoms with Crippen LogP contribution in [0.2, 0.25) is 13.1 Å². The van der Waals surface area contributed by atoms with E-state index in [0.717, 1.165) is 11.4 Å². The topological polar surface area (TPSA) is 17.8 Å². The zero-order valence-corrected chi connectivity index (χ0v) is 21.0.